The van der Waals surface area contributed by atoms with Crippen LogP contribution < -0.4 is 5.32 Å². The number of phenolic OH excluding ortho intramolecular Hbond substituents is 1. The maximum absolute atomic E-state index is 12.0. The second-order valence-electron chi connectivity index (χ2n) is 4.28. The minimum Gasteiger partial charge on any atom is -0.506 e. The molecule has 0 saturated heterocycles. The maximum Gasteiger partial charge on any atom is 0.247 e. The summed E-state index contributed by atoms with van der Waals surface area (Å²) in [5.74, 6) is -0.336. The molecular weight excluding hydrogens is 262 g/mol. The van der Waals surface area contributed by atoms with Crippen LogP contribution in [-0.4, -0.2) is 11.0 Å². The number of halogens is 1. The number of phenols is 1. The smallest absolute Gasteiger partial charge is 0.247 e. The Morgan fingerprint density at radius 1 is 1.21 bits per heavy atom. The van der Waals surface area contributed by atoms with Crippen LogP contribution in [0.1, 0.15) is 16.5 Å². The highest BCUT2D eigenvalue weighted by Gasteiger charge is 2.18. The fourth-order valence-electron chi connectivity index (χ4n) is 1.72. The van der Waals surface area contributed by atoms with Gasteiger partial charge in [0.05, 0.1) is 5.69 Å². The number of nitrogens with one attached hydrogen (secondary N) is 1. The number of carbonyl (C=O) groups excluding carboxylic acids is 1. The number of aryl methyl sites for hydroxylation is 1. The van der Waals surface area contributed by atoms with E-state index in [1.807, 2.05) is 25.1 Å². The van der Waals surface area contributed by atoms with Crippen molar-refractivity contribution in [2.75, 3.05) is 5.32 Å². The first-order valence-electron chi connectivity index (χ1n) is 5.87. The van der Waals surface area contributed by atoms with E-state index in [0.717, 1.165) is 5.56 Å². The number of rotatable bonds is 3. The van der Waals surface area contributed by atoms with Crippen LogP contribution in [-0.2, 0) is 4.79 Å². The van der Waals surface area contributed by atoms with Crippen molar-refractivity contribution in [3.63, 3.8) is 0 Å². The number of benzene rings is 2. The van der Waals surface area contributed by atoms with Crippen molar-refractivity contribution >= 4 is 23.2 Å². The normalized spacial score (nSPS) is 11.9. The molecular formula is C15H14ClNO2. The second-order valence-corrected chi connectivity index (χ2v) is 4.72. The Labute approximate surface area is 116 Å². The number of hydrogen-bond donors (Lipinski definition) is 2. The molecule has 2 aromatic carbocycles. The fraction of sp³-hybridized carbons (Fsp3) is 0.133. The summed E-state index contributed by atoms with van der Waals surface area (Å²) in [6.07, 6.45) is 0. The fourth-order valence-corrected chi connectivity index (χ4v) is 1.92. The van der Waals surface area contributed by atoms with Gasteiger partial charge in [-0.15, -0.1) is 11.6 Å². The lowest BCUT2D eigenvalue weighted by molar-refractivity contribution is -0.116. The van der Waals surface area contributed by atoms with Gasteiger partial charge in [-0.3, -0.25) is 4.79 Å². The zero-order valence-electron chi connectivity index (χ0n) is 10.4. The molecule has 0 aliphatic heterocycles. The van der Waals surface area contributed by atoms with Gasteiger partial charge < -0.3 is 10.4 Å². The van der Waals surface area contributed by atoms with Gasteiger partial charge in [-0.05, 0) is 30.2 Å². The van der Waals surface area contributed by atoms with Crippen molar-refractivity contribution in [1.82, 2.24) is 0 Å². The molecule has 2 rings (SSSR count). The van der Waals surface area contributed by atoms with Gasteiger partial charge in [-0.1, -0.05) is 36.4 Å². The molecule has 0 radical (unpaired) electrons. The lowest BCUT2D eigenvalue weighted by Gasteiger charge is -2.12. The Balaban J connectivity index is 2.13. The minimum absolute atomic E-state index is 0.0327. The molecule has 0 saturated carbocycles. The molecule has 2 aromatic rings. The standard InChI is InChI=1S/C15H14ClNO2/c1-10-7-8-12(13(18)9-10)17-15(19)14(16)11-5-3-2-4-6-11/h2-9,14,18H,1H3,(H,17,19). The number of aromatic hydroxyl groups is 1. The van der Waals surface area contributed by atoms with E-state index in [4.69, 9.17) is 11.6 Å². The molecule has 2 N–H and O–H groups in total. The van der Waals surface area contributed by atoms with Crippen LogP contribution in [0.4, 0.5) is 5.69 Å². The summed E-state index contributed by atoms with van der Waals surface area (Å²) in [5, 5.41) is 11.6. The van der Waals surface area contributed by atoms with E-state index in [0.29, 0.717) is 11.3 Å². The van der Waals surface area contributed by atoms with Crippen molar-refractivity contribution in [1.29, 1.82) is 0 Å². The van der Waals surface area contributed by atoms with E-state index >= 15 is 0 Å². The Morgan fingerprint density at radius 3 is 2.53 bits per heavy atom. The van der Waals surface area contributed by atoms with Gasteiger partial charge >= 0.3 is 0 Å². The third kappa shape index (κ3) is 3.26. The molecule has 0 aliphatic carbocycles. The average Bonchev–Trinajstić information content (AvgIpc) is 2.42. The van der Waals surface area contributed by atoms with Crippen LogP contribution in [0.3, 0.4) is 0 Å². The van der Waals surface area contributed by atoms with Crippen molar-refractivity contribution in [2.24, 2.45) is 0 Å². The highest BCUT2D eigenvalue weighted by molar-refractivity contribution is 6.32. The van der Waals surface area contributed by atoms with E-state index in [9.17, 15) is 9.90 Å². The summed E-state index contributed by atoms with van der Waals surface area (Å²) in [6, 6.07) is 14.1. The van der Waals surface area contributed by atoms with Crippen LogP contribution >= 0.6 is 11.6 Å². The molecule has 1 unspecified atom stereocenters. The maximum atomic E-state index is 12.0. The Bertz CT molecular complexity index is 584. The number of alkyl halides is 1. The molecule has 1 atom stereocenters. The predicted octanol–water partition coefficient (Wildman–Crippen LogP) is 3.62. The molecule has 0 spiro atoms. The summed E-state index contributed by atoms with van der Waals surface area (Å²) in [7, 11) is 0. The largest absolute Gasteiger partial charge is 0.506 e. The van der Waals surface area contributed by atoms with Crippen LogP contribution in [0.2, 0.25) is 0 Å². The topological polar surface area (TPSA) is 49.3 Å². The molecule has 0 aromatic heterocycles. The predicted molar refractivity (Wildman–Crippen MR) is 76.5 cm³/mol. The monoisotopic (exact) mass is 275 g/mol. The first-order valence-corrected chi connectivity index (χ1v) is 6.31. The van der Waals surface area contributed by atoms with Gasteiger partial charge in [-0.25, -0.2) is 0 Å². The lowest BCUT2D eigenvalue weighted by Crippen LogP contribution is -2.17. The zero-order valence-corrected chi connectivity index (χ0v) is 11.2. The Kier molecular flexibility index (Phi) is 4.07. The van der Waals surface area contributed by atoms with Crippen LogP contribution in [0, 0.1) is 6.92 Å². The van der Waals surface area contributed by atoms with Crippen LogP contribution in [0.25, 0.3) is 0 Å². The first kappa shape index (κ1) is 13.4. The highest BCUT2D eigenvalue weighted by atomic mass is 35.5. The molecule has 3 nitrogen and oxygen atoms in total. The number of amides is 1. The number of anilines is 1. The average molecular weight is 276 g/mol. The van der Waals surface area contributed by atoms with Crippen molar-refractivity contribution in [3.8, 4) is 5.75 Å². The summed E-state index contributed by atoms with van der Waals surface area (Å²) in [4.78, 5) is 12.0. The molecule has 0 bridgehead atoms. The van der Waals surface area contributed by atoms with Gasteiger partial charge in [-0.2, -0.15) is 0 Å². The van der Waals surface area contributed by atoms with Crippen LogP contribution in [0.5, 0.6) is 5.75 Å². The van der Waals surface area contributed by atoms with Gasteiger partial charge in [0, 0.05) is 0 Å². The summed E-state index contributed by atoms with van der Waals surface area (Å²) < 4.78 is 0. The quantitative estimate of drug-likeness (QED) is 0.664. The molecule has 0 fully saturated rings. The Morgan fingerprint density at radius 2 is 1.89 bits per heavy atom. The third-order valence-electron chi connectivity index (χ3n) is 2.73. The molecule has 19 heavy (non-hydrogen) atoms. The minimum atomic E-state index is -0.790. The van der Waals surface area contributed by atoms with Crippen molar-refractivity contribution in [2.45, 2.75) is 12.3 Å². The lowest BCUT2D eigenvalue weighted by atomic mass is 10.1. The Hall–Kier alpha value is -2.00. The molecule has 0 aliphatic rings. The van der Waals surface area contributed by atoms with E-state index < -0.39 is 5.38 Å². The molecule has 0 heterocycles. The molecule has 98 valence electrons. The van der Waals surface area contributed by atoms with Crippen LogP contribution in [0.15, 0.2) is 48.5 Å². The van der Waals surface area contributed by atoms with Gasteiger partial charge in [0.1, 0.15) is 11.1 Å². The second kappa shape index (κ2) is 5.76. The van der Waals surface area contributed by atoms with E-state index in [2.05, 4.69) is 5.32 Å². The molecule has 4 heteroatoms. The summed E-state index contributed by atoms with van der Waals surface area (Å²) in [5.41, 5.74) is 1.99. The zero-order chi connectivity index (χ0) is 13.8. The molecule has 1 amide bonds. The van der Waals surface area contributed by atoms with E-state index in [1.54, 1.807) is 30.3 Å². The van der Waals surface area contributed by atoms with Crippen molar-refractivity contribution in [3.05, 3.63) is 59.7 Å². The van der Waals surface area contributed by atoms with E-state index in [-0.39, 0.29) is 11.7 Å². The third-order valence-corrected chi connectivity index (χ3v) is 3.18. The highest BCUT2D eigenvalue weighted by Crippen LogP contribution is 2.27. The number of hydrogen-bond acceptors (Lipinski definition) is 2. The SMILES string of the molecule is Cc1ccc(NC(=O)C(Cl)c2ccccc2)c(O)c1. The number of carbonyl (C=O) groups is 1. The van der Waals surface area contributed by atoms with Gasteiger partial charge in [0.15, 0.2) is 0 Å². The van der Waals surface area contributed by atoms with Gasteiger partial charge in [0.2, 0.25) is 5.91 Å². The summed E-state index contributed by atoms with van der Waals surface area (Å²) in [6.45, 7) is 1.86. The first-order chi connectivity index (χ1) is 9.08. The van der Waals surface area contributed by atoms with Crippen molar-refractivity contribution < 1.29 is 9.90 Å². The summed E-state index contributed by atoms with van der Waals surface area (Å²) >= 11 is 6.10. The van der Waals surface area contributed by atoms with E-state index in [1.165, 1.54) is 0 Å². The van der Waals surface area contributed by atoms with Gasteiger partial charge in [0.25, 0.3) is 0 Å².